The summed E-state index contributed by atoms with van der Waals surface area (Å²) in [5.41, 5.74) is 4.46. The topological polar surface area (TPSA) is 74.9 Å². The smallest absolute Gasteiger partial charge is 0.409 e. The highest BCUT2D eigenvalue weighted by atomic mass is 16.6. The van der Waals surface area contributed by atoms with Gasteiger partial charge in [0, 0.05) is 61.2 Å². The lowest BCUT2D eigenvalue weighted by Crippen LogP contribution is -2.50. The van der Waals surface area contributed by atoms with Gasteiger partial charge in [0.2, 0.25) is 5.91 Å². The van der Waals surface area contributed by atoms with Crippen LogP contribution in [-0.4, -0.2) is 66.7 Å². The predicted octanol–water partition coefficient (Wildman–Crippen LogP) is 4.56. The Kier molecular flexibility index (Phi) is 7.40. The van der Waals surface area contributed by atoms with Crippen molar-refractivity contribution in [2.75, 3.05) is 39.9 Å². The number of rotatable bonds is 7. The molecule has 0 aliphatic carbocycles. The van der Waals surface area contributed by atoms with E-state index in [9.17, 15) is 9.59 Å². The summed E-state index contributed by atoms with van der Waals surface area (Å²) < 4.78 is 10.8. The molecule has 3 aromatic rings. The number of hydrogen-bond donors (Lipinski definition) is 1. The number of hydrogen-bond acceptors (Lipinski definition) is 4. The fraction of sp³-hybridized carbons (Fsp3) is 0.407. The summed E-state index contributed by atoms with van der Waals surface area (Å²) in [6.45, 7) is 6.27. The maximum atomic E-state index is 13.5. The number of aromatic nitrogens is 1. The van der Waals surface area contributed by atoms with Gasteiger partial charge in [-0.15, -0.1) is 0 Å². The van der Waals surface area contributed by atoms with Crippen LogP contribution in [0, 0.1) is 0 Å². The number of carbonyl (C=O) groups excluding carboxylic acids is 2. The van der Waals surface area contributed by atoms with Crippen molar-refractivity contribution in [3.05, 3.63) is 65.4 Å². The third-order valence-electron chi connectivity index (χ3n) is 6.64. The van der Waals surface area contributed by atoms with Crippen molar-refractivity contribution in [1.82, 2.24) is 14.8 Å². The van der Waals surface area contributed by atoms with E-state index in [1.165, 1.54) is 5.56 Å². The van der Waals surface area contributed by atoms with Gasteiger partial charge >= 0.3 is 6.09 Å². The van der Waals surface area contributed by atoms with E-state index in [1.807, 2.05) is 35.4 Å². The Morgan fingerprint density at radius 1 is 0.971 bits per heavy atom. The first-order valence-electron chi connectivity index (χ1n) is 12.0. The molecule has 2 aromatic carbocycles. The fourth-order valence-corrected chi connectivity index (χ4v) is 4.82. The van der Waals surface area contributed by atoms with Crippen LogP contribution in [0.5, 0.6) is 5.75 Å². The van der Waals surface area contributed by atoms with E-state index in [0.717, 1.165) is 34.2 Å². The summed E-state index contributed by atoms with van der Waals surface area (Å²) in [4.78, 5) is 32.5. The number of fused-ring (bicyclic) bond motifs is 1. The third kappa shape index (κ3) is 4.74. The molecule has 1 fully saturated rings. The predicted molar refractivity (Wildman–Crippen MR) is 132 cm³/mol. The minimum Gasteiger partial charge on any atom is -0.496 e. The SMILES string of the molecule is CCOC(=O)N1CCN(C(=O)C[C@@H](c2ccccc2OC)c2c[nH]c3c(CC)cccc23)CC1. The number of nitrogens with zero attached hydrogens (tertiary/aromatic N) is 2. The molecule has 0 spiro atoms. The number of aromatic amines is 1. The van der Waals surface area contributed by atoms with Gasteiger partial charge in [0.05, 0.1) is 13.7 Å². The van der Waals surface area contributed by atoms with Gasteiger partial charge in [0.25, 0.3) is 0 Å². The van der Waals surface area contributed by atoms with E-state index in [2.05, 4.69) is 30.1 Å². The Bertz CT molecular complexity index is 1150. The molecule has 0 radical (unpaired) electrons. The molecule has 1 saturated heterocycles. The second-order valence-electron chi connectivity index (χ2n) is 8.50. The van der Waals surface area contributed by atoms with Crippen molar-refractivity contribution in [2.45, 2.75) is 32.6 Å². The van der Waals surface area contributed by atoms with Crippen molar-refractivity contribution in [3.63, 3.8) is 0 Å². The van der Waals surface area contributed by atoms with Crippen molar-refractivity contribution in [3.8, 4) is 5.75 Å². The van der Waals surface area contributed by atoms with Gasteiger partial charge in [0.15, 0.2) is 0 Å². The number of amides is 2. The normalized spacial score (nSPS) is 14.8. The second kappa shape index (κ2) is 10.6. The number of nitrogens with one attached hydrogen (secondary N) is 1. The highest BCUT2D eigenvalue weighted by molar-refractivity contribution is 5.88. The standard InChI is InChI=1S/C27H33N3O4/c1-4-19-9-8-11-21-23(18-28-26(19)21)22(20-10-6-7-12-24(20)33-3)17-25(31)29-13-15-30(16-14-29)27(32)34-5-2/h6-12,18,22,28H,4-5,13-17H2,1-3H3/t22-/m0/s1. The highest BCUT2D eigenvalue weighted by Gasteiger charge is 2.29. The van der Waals surface area contributed by atoms with Crippen LogP contribution in [0.2, 0.25) is 0 Å². The van der Waals surface area contributed by atoms with Gasteiger partial charge in [-0.05, 0) is 30.5 Å². The number of carbonyl (C=O) groups is 2. The molecule has 7 nitrogen and oxygen atoms in total. The number of H-pyrrole nitrogens is 1. The molecule has 34 heavy (non-hydrogen) atoms. The zero-order chi connectivity index (χ0) is 24.1. The van der Waals surface area contributed by atoms with Crippen LogP contribution in [0.25, 0.3) is 10.9 Å². The number of aryl methyl sites for hydroxylation is 1. The lowest BCUT2D eigenvalue weighted by molar-refractivity contribution is -0.133. The van der Waals surface area contributed by atoms with Gasteiger partial charge in [-0.3, -0.25) is 4.79 Å². The summed E-state index contributed by atoms with van der Waals surface area (Å²) in [6.07, 6.45) is 2.98. The van der Waals surface area contributed by atoms with Gasteiger partial charge in [-0.1, -0.05) is 43.3 Å². The second-order valence-corrected chi connectivity index (χ2v) is 8.50. The quantitative estimate of drug-likeness (QED) is 0.557. The first-order valence-corrected chi connectivity index (χ1v) is 12.0. The molecule has 1 aromatic heterocycles. The van der Waals surface area contributed by atoms with Crippen LogP contribution in [0.4, 0.5) is 4.79 Å². The summed E-state index contributed by atoms with van der Waals surface area (Å²) >= 11 is 0. The summed E-state index contributed by atoms with van der Waals surface area (Å²) in [5.74, 6) is 0.682. The van der Waals surface area contributed by atoms with Gasteiger partial charge in [0.1, 0.15) is 5.75 Å². The average molecular weight is 464 g/mol. The highest BCUT2D eigenvalue weighted by Crippen LogP contribution is 2.38. The monoisotopic (exact) mass is 463 g/mol. The molecule has 2 amide bonds. The van der Waals surface area contributed by atoms with E-state index in [4.69, 9.17) is 9.47 Å². The van der Waals surface area contributed by atoms with Crippen molar-refractivity contribution >= 4 is 22.9 Å². The zero-order valence-corrected chi connectivity index (χ0v) is 20.2. The third-order valence-corrected chi connectivity index (χ3v) is 6.64. The molecule has 4 rings (SSSR count). The lowest BCUT2D eigenvalue weighted by Gasteiger charge is -2.35. The first kappa shape index (κ1) is 23.7. The Balaban J connectivity index is 1.62. The first-order chi connectivity index (χ1) is 16.6. The van der Waals surface area contributed by atoms with E-state index in [1.54, 1.807) is 18.9 Å². The summed E-state index contributed by atoms with van der Waals surface area (Å²) in [5, 5.41) is 1.13. The van der Waals surface area contributed by atoms with E-state index in [0.29, 0.717) is 39.2 Å². The van der Waals surface area contributed by atoms with Crippen LogP contribution in [0.3, 0.4) is 0 Å². The molecule has 7 heteroatoms. The van der Waals surface area contributed by atoms with Crippen molar-refractivity contribution < 1.29 is 19.1 Å². The number of para-hydroxylation sites is 2. The number of ether oxygens (including phenoxy) is 2. The molecule has 180 valence electrons. The zero-order valence-electron chi connectivity index (χ0n) is 20.2. The van der Waals surface area contributed by atoms with Crippen molar-refractivity contribution in [2.24, 2.45) is 0 Å². The Morgan fingerprint density at radius 3 is 2.41 bits per heavy atom. The summed E-state index contributed by atoms with van der Waals surface area (Å²) in [7, 11) is 1.66. The molecule has 1 N–H and O–H groups in total. The molecule has 1 aliphatic heterocycles. The van der Waals surface area contributed by atoms with E-state index >= 15 is 0 Å². The largest absolute Gasteiger partial charge is 0.496 e. The van der Waals surface area contributed by atoms with Gasteiger partial charge in [-0.25, -0.2) is 4.79 Å². The Morgan fingerprint density at radius 2 is 1.71 bits per heavy atom. The Labute approximate surface area is 200 Å². The Hall–Kier alpha value is -3.48. The van der Waals surface area contributed by atoms with Crippen LogP contribution in [0.1, 0.15) is 42.9 Å². The molecule has 1 aliphatic rings. The lowest BCUT2D eigenvalue weighted by atomic mass is 9.86. The molecule has 0 saturated carbocycles. The number of benzene rings is 2. The number of methoxy groups -OCH3 is 1. The molecule has 2 heterocycles. The maximum Gasteiger partial charge on any atom is 0.409 e. The fourth-order valence-electron chi connectivity index (χ4n) is 4.82. The minimum absolute atomic E-state index is 0.0698. The number of piperazine rings is 1. The average Bonchev–Trinajstić information content (AvgIpc) is 3.31. The minimum atomic E-state index is -0.313. The van der Waals surface area contributed by atoms with Crippen LogP contribution in [0.15, 0.2) is 48.7 Å². The molecule has 0 unspecified atom stereocenters. The van der Waals surface area contributed by atoms with E-state index in [-0.39, 0.29) is 17.9 Å². The summed E-state index contributed by atoms with van der Waals surface area (Å²) in [6, 6.07) is 14.2. The van der Waals surface area contributed by atoms with Gasteiger partial charge in [-0.2, -0.15) is 0 Å². The van der Waals surface area contributed by atoms with E-state index < -0.39 is 0 Å². The molecule has 1 atom stereocenters. The van der Waals surface area contributed by atoms with Crippen LogP contribution >= 0.6 is 0 Å². The maximum absolute atomic E-state index is 13.5. The van der Waals surface area contributed by atoms with Crippen LogP contribution < -0.4 is 4.74 Å². The molecular formula is C27H33N3O4. The van der Waals surface area contributed by atoms with Crippen molar-refractivity contribution in [1.29, 1.82) is 0 Å². The van der Waals surface area contributed by atoms with Gasteiger partial charge < -0.3 is 24.3 Å². The molecule has 0 bridgehead atoms. The molecular weight excluding hydrogens is 430 g/mol. The van der Waals surface area contributed by atoms with Crippen LogP contribution in [-0.2, 0) is 16.0 Å².